The molecule has 2 atom stereocenters. The van der Waals surface area contributed by atoms with Crippen molar-refractivity contribution in [2.24, 2.45) is 5.73 Å². The lowest BCUT2D eigenvalue weighted by Gasteiger charge is -2.16. The smallest absolute Gasteiger partial charge is 0.239 e. The van der Waals surface area contributed by atoms with Crippen LogP contribution in [0.1, 0.15) is 25.0 Å². The summed E-state index contributed by atoms with van der Waals surface area (Å²) in [5.41, 5.74) is 6.85. The molecule has 0 spiro atoms. The van der Waals surface area contributed by atoms with Gasteiger partial charge in [-0.25, -0.2) is 4.39 Å². The first-order valence-corrected chi connectivity index (χ1v) is 8.64. The molecular weight excluding hydrogens is 349 g/mol. The molecule has 144 valence electrons. The number of benzene rings is 2. The largest absolute Gasteiger partial charge is 0.489 e. The molecule has 0 bridgehead atoms. The third-order valence-electron chi connectivity index (χ3n) is 4.01. The number of rotatable bonds is 9. The first-order valence-electron chi connectivity index (χ1n) is 8.64. The van der Waals surface area contributed by atoms with Crippen LogP contribution < -0.4 is 21.1 Å². The van der Waals surface area contributed by atoms with Gasteiger partial charge in [0.1, 0.15) is 24.2 Å². The monoisotopic (exact) mass is 373 g/mol. The van der Waals surface area contributed by atoms with E-state index in [1.807, 2.05) is 24.3 Å². The van der Waals surface area contributed by atoms with Crippen molar-refractivity contribution in [1.29, 1.82) is 0 Å². The number of amides is 2. The molecule has 2 aromatic rings. The molecule has 2 aromatic carbocycles. The highest BCUT2D eigenvalue weighted by Gasteiger charge is 2.17. The summed E-state index contributed by atoms with van der Waals surface area (Å²) in [5, 5.41) is 5.62. The summed E-state index contributed by atoms with van der Waals surface area (Å²) in [4.78, 5) is 22.9. The van der Waals surface area contributed by atoms with Crippen LogP contribution in [0.2, 0.25) is 0 Å². The predicted octanol–water partition coefficient (Wildman–Crippen LogP) is 1.87. The van der Waals surface area contributed by atoms with Gasteiger partial charge in [0.05, 0.1) is 6.04 Å². The predicted molar refractivity (Wildman–Crippen MR) is 100 cm³/mol. The normalized spacial score (nSPS) is 12.9. The zero-order chi connectivity index (χ0) is 19.8. The third kappa shape index (κ3) is 6.71. The van der Waals surface area contributed by atoms with E-state index in [0.717, 1.165) is 11.1 Å². The number of carbonyl (C=O) groups is 2. The Balaban J connectivity index is 1.79. The average molecular weight is 373 g/mol. The van der Waals surface area contributed by atoms with E-state index in [1.165, 1.54) is 19.1 Å². The van der Waals surface area contributed by atoms with Gasteiger partial charge < -0.3 is 21.1 Å². The number of primary amides is 1. The molecule has 27 heavy (non-hydrogen) atoms. The molecule has 0 aliphatic heterocycles. The number of halogens is 1. The second-order valence-electron chi connectivity index (χ2n) is 6.30. The number of hydrogen-bond acceptors (Lipinski definition) is 4. The van der Waals surface area contributed by atoms with E-state index in [0.29, 0.717) is 12.3 Å². The number of ether oxygens (including phenoxy) is 1. The Morgan fingerprint density at radius 3 is 2.41 bits per heavy atom. The number of carbonyl (C=O) groups excluding carboxylic acids is 2. The van der Waals surface area contributed by atoms with Gasteiger partial charge in [0.2, 0.25) is 11.8 Å². The summed E-state index contributed by atoms with van der Waals surface area (Å²) in [5.74, 6) is -0.495. The molecular formula is C20H24FN3O3. The number of nitrogens with two attached hydrogens (primary N) is 1. The number of nitrogens with one attached hydrogen (secondary N) is 2. The van der Waals surface area contributed by atoms with Crippen molar-refractivity contribution in [3.05, 3.63) is 65.5 Å². The summed E-state index contributed by atoms with van der Waals surface area (Å²) in [7, 11) is 0. The van der Waals surface area contributed by atoms with Gasteiger partial charge in [-0.15, -0.1) is 0 Å². The highest BCUT2D eigenvalue weighted by atomic mass is 19.1. The van der Waals surface area contributed by atoms with Crippen molar-refractivity contribution in [2.75, 3.05) is 0 Å². The van der Waals surface area contributed by atoms with Crippen LogP contribution in [-0.2, 0) is 22.7 Å². The van der Waals surface area contributed by atoms with Crippen LogP contribution in [0.5, 0.6) is 5.75 Å². The van der Waals surface area contributed by atoms with E-state index in [1.54, 1.807) is 19.1 Å². The maximum absolute atomic E-state index is 13.1. The van der Waals surface area contributed by atoms with Gasteiger partial charge >= 0.3 is 0 Å². The minimum atomic E-state index is -0.712. The van der Waals surface area contributed by atoms with Crippen molar-refractivity contribution in [3.8, 4) is 5.75 Å². The topological polar surface area (TPSA) is 93.4 Å². The molecule has 0 aromatic heterocycles. The lowest BCUT2D eigenvalue weighted by Crippen LogP contribution is -2.49. The van der Waals surface area contributed by atoms with Crippen LogP contribution in [0.4, 0.5) is 4.39 Å². The molecule has 0 unspecified atom stereocenters. The Morgan fingerprint density at radius 2 is 1.78 bits per heavy atom. The molecule has 0 saturated heterocycles. The van der Waals surface area contributed by atoms with Crippen molar-refractivity contribution in [1.82, 2.24) is 10.6 Å². The SMILES string of the molecule is C[C@H](NCc1ccc(OCc2cccc(F)c2)cc1)C(=O)N[C@H](C)C(N)=O. The van der Waals surface area contributed by atoms with Gasteiger partial charge in [0.15, 0.2) is 0 Å². The summed E-state index contributed by atoms with van der Waals surface area (Å²) in [6, 6.07) is 12.5. The summed E-state index contributed by atoms with van der Waals surface area (Å²) >= 11 is 0. The van der Waals surface area contributed by atoms with Crippen molar-refractivity contribution >= 4 is 11.8 Å². The van der Waals surface area contributed by atoms with Crippen molar-refractivity contribution < 1.29 is 18.7 Å². The molecule has 0 heterocycles. The third-order valence-corrected chi connectivity index (χ3v) is 4.01. The van der Waals surface area contributed by atoms with E-state index in [2.05, 4.69) is 10.6 Å². The van der Waals surface area contributed by atoms with E-state index >= 15 is 0 Å². The maximum Gasteiger partial charge on any atom is 0.239 e. The van der Waals surface area contributed by atoms with E-state index < -0.39 is 18.0 Å². The quantitative estimate of drug-likeness (QED) is 0.626. The highest BCUT2D eigenvalue weighted by molar-refractivity contribution is 5.88. The first kappa shape index (κ1) is 20.4. The summed E-state index contributed by atoms with van der Waals surface area (Å²) in [6.45, 7) is 4.00. The van der Waals surface area contributed by atoms with Crippen LogP contribution in [-0.4, -0.2) is 23.9 Å². The molecule has 7 heteroatoms. The Kier molecular flexibility index (Phi) is 7.31. The van der Waals surface area contributed by atoms with E-state index in [-0.39, 0.29) is 18.3 Å². The molecule has 2 amide bonds. The van der Waals surface area contributed by atoms with E-state index in [9.17, 15) is 14.0 Å². The molecule has 0 radical (unpaired) electrons. The van der Waals surface area contributed by atoms with Crippen LogP contribution in [0.15, 0.2) is 48.5 Å². The minimum absolute atomic E-state index is 0.282. The average Bonchev–Trinajstić information content (AvgIpc) is 2.65. The van der Waals surface area contributed by atoms with Crippen LogP contribution in [0.3, 0.4) is 0 Å². The van der Waals surface area contributed by atoms with Gasteiger partial charge in [-0.1, -0.05) is 24.3 Å². The second-order valence-corrected chi connectivity index (χ2v) is 6.30. The molecule has 2 rings (SSSR count). The van der Waals surface area contributed by atoms with Gasteiger partial charge in [0.25, 0.3) is 0 Å². The molecule has 0 aliphatic rings. The maximum atomic E-state index is 13.1. The summed E-state index contributed by atoms with van der Waals surface area (Å²) in [6.07, 6.45) is 0. The standard InChI is InChI=1S/C20H24FN3O3/c1-13(19(22)25)24-20(26)14(2)23-11-15-6-8-18(9-7-15)27-12-16-4-3-5-17(21)10-16/h3-10,13-14,23H,11-12H2,1-2H3,(H2,22,25)(H,24,26)/t13-,14+/m1/s1. The molecule has 0 fully saturated rings. The van der Waals surface area contributed by atoms with Crippen LogP contribution in [0, 0.1) is 5.82 Å². The van der Waals surface area contributed by atoms with Gasteiger partial charge in [-0.2, -0.15) is 0 Å². The highest BCUT2D eigenvalue weighted by Crippen LogP contribution is 2.15. The minimum Gasteiger partial charge on any atom is -0.489 e. The fourth-order valence-electron chi connectivity index (χ4n) is 2.27. The molecule has 0 aliphatic carbocycles. The zero-order valence-electron chi connectivity index (χ0n) is 15.4. The first-order chi connectivity index (χ1) is 12.8. The Morgan fingerprint density at radius 1 is 1.07 bits per heavy atom. The fraction of sp³-hybridized carbons (Fsp3) is 0.300. The number of hydrogen-bond donors (Lipinski definition) is 3. The lowest BCUT2D eigenvalue weighted by molar-refractivity contribution is -0.128. The van der Waals surface area contributed by atoms with Gasteiger partial charge in [-0.05, 0) is 49.2 Å². The van der Waals surface area contributed by atoms with Gasteiger partial charge in [-0.3, -0.25) is 9.59 Å². The van der Waals surface area contributed by atoms with Crippen molar-refractivity contribution in [3.63, 3.8) is 0 Å². The second kappa shape index (κ2) is 9.68. The van der Waals surface area contributed by atoms with Crippen molar-refractivity contribution in [2.45, 2.75) is 39.1 Å². The van der Waals surface area contributed by atoms with E-state index in [4.69, 9.17) is 10.5 Å². The fourth-order valence-corrected chi connectivity index (χ4v) is 2.27. The van der Waals surface area contributed by atoms with Gasteiger partial charge in [0, 0.05) is 6.54 Å². The Labute approximate surface area is 157 Å². The summed E-state index contributed by atoms with van der Waals surface area (Å²) < 4.78 is 18.8. The van der Waals surface area contributed by atoms with Crippen LogP contribution in [0.25, 0.3) is 0 Å². The molecule has 0 saturated carbocycles. The Hall–Kier alpha value is -2.93. The van der Waals surface area contributed by atoms with Crippen LogP contribution >= 0.6 is 0 Å². The molecule has 4 N–H and O–H groups in total. The molecule has 6 nitrogen and oxygen atoms in total. The zero-order valence-corrected chi connectivity index (χ0v) is 15.4. The Bertz CT molecular complexity index is 780. The lowest BCUT2D eigenvalue weighted by atomic mass is 10.2.